The van der Waals surface area contributed by atoms with Gasteiger partial charge in [0.1, 0.15) is 5.75 Å². The van der Waals surface area contributed by atoms with E-state index in [-0.39, 0.29) is 39.3 Å². The number of halogens is 1. The van der Waals surface area contributed by atoms with Gasteiger partial charge in [-0.1, -0.05) is 18.2 Å². The fraction of sp³-hybridized carbons (Fsp3) is 0.211. The van der Waals surface area contributed by atoms with E-state index in [2.05, 4.69) is 20.3 Å². The van der Waals surface area contributed by atoms with E-state index in [0.717, 1.165) is 36.8 Å². The van der Waals surface area contributed by atoms with Crippen LogP contribution in [0.15, 0.2) is 95.9 Å². The second kappa shape index (κ2) is 14.8. The largest absolute Gasteiger partial charge is 0.493 e. The second-order valence-corrected chi connectivity index (χ2v) is 12.2. The zero-order valence-corrected chi connectivity index (χ0v) is 28.1. The van der Waals surface area contributed by atoms with Crippen LogP contribution in [0.25, 0.3) is 27.4 Å². The number of nitrogens with zero attached hydrogens (tertiary/aromatic N) is 5. The molecule has 1 saturated heterocycles. The zero-order valence-electron chi connectivity index (χ0n) is 28.1. The summed E-state index contributed by atoms with van der Waals surface area (Å²) < 4.78 is 34.2. The summed E-state index contributed by atoms with van der Waals surface area (Å²) in [6, 6.07) is 20.7. The maximum Gasteiger partial charge on any atom is 0.279 e. The molecule has 0 bridgehead atoms. The summed E-state index contributed by atoms with van der Waals surface area (Å²) >= 11 is 0. The van der Waals surface area contributed by atoms with Gasteiger partial charge in [0.05, 0.1) is 35.2 Å². The Morgan fingerprint density at radius 1 is 0.923 bits per heavy atom. The van der Waals surface area contributed by atoms with Crippen molar-refractivity contribution in [2.45, 2.75) is 19.3 Å². The smallest absolute Gasteiger partial charge is 0.279 e. The summed E-state index contributed by atoms with van der Waals surface area (Å²) in [4.78, 5) is 44.3. The molecule has 7 rings (SSSR count). The van der Waals surface area contributed by atoms with Gasteiger partial charge in [-0.3, -0.25) is 24.7 Å². The number of amides is 1. The number of carbonyl (C=O) groups excluding carboxylic acids is 1. The zero-order chi connectivity index (χ0) is 36.2. The van der Waals surface area contributed by atoms with Crippen LogP contribution in [0.1, 0.15) is 29.8 Å². The van der Waals surface area contributed by atoms with Gasteiger partial charge in [-0.2, -0.15) is 9.78 Å². The molecule has 6 aromatic rings. The molecule has 2 aromatic heterocycles. The van der Waals surface area contributed by atoms with Crippen molar-refractivity contribution >= 4 is 39.0 Å². The van der Waals surface area contributed by atoms with Crippen molar-refractivity contribution < 1.29 is 28.3 Å². The molecule has 0 saturated carbocycles. The van der Waals surface area contributed by atoms with Gasteiger partial charge in [-0.25, -0.2) is 4.39 Å². The van der Waals surface area contributed by atoms with Crippen molar-refractivity contribution in [3.8, 4) is 28.7 Å². The lowest BCUT2D eigenvalue weighted by Crippen LogP contribution is -2.26. The first-order valence-corrected chi connectivity index (χ1v) is 16.7. The average Bonchev–Trinajstić information content (AvgIpc) is 3.68. The molecule has 4 aromatic carbocycles. The number of hydrogen-bond acceptors (Lipinski definition) is 10. The van der Waals surface area contributed by atoms with Crippen LogP contribution < -0.4 is 25.1 Å². The van der Waals surface area contributed by atoms with E-state index < -0.39 is 22.2 Å². The lowest BCUT2D eigenvalue weighted by Gasteiger charge is -2.16. The molecule has 52 heavy (non-hydrogen) atoms. The van der Waals surface area contributed by atoms with E-state index in [9.17, 15) is 19.7 Å². The Bertz CT molecular complexity index is 2360. The number of carbonyl (C=O) groups is 1. The maximum atomic E-state index is 15.5. The summed E-state index contributed by atoms with van der Waals surface area (Å²) in [5.74, 6) is -0.169. The summed E-state index contributed by atoms with van der Waals surface area (Å²) in [6.45, 7) is 3.76. The molecular weight excluding hydrogens is 671 g/mol. The number of nitrogens with one attached hydrogen (secondary N) is 1. The summed E-state index contributed by atoms with van der Waals surface area (Å²) in [5.41, 5.74) is 0.113. The highest BCUT2D eigenvalue weighted by atomic mass is 19.1. The molecular formula is C38H33FN6O7. The number of pyridine rings is 1. The van der Waals surface area contributed by atoms with Crippen molar-refractivity contribution in [2.75, 3.05) is 38.7 Å². The van der Waals surface area contributed by atoms with Crippen molar-refractivity contribution in [3.63, 3.8) is 0 Å². The first-order chi connectivity index (χ1) is 25.3. The van der Waals surface area contributed by atoms with E-state index >= 15 is 4.39 Å². The Hall–Kier alpha value is -6.41. The van der Waals surface area contributed by atoms with Crippen LogP contribution in [-0.4, -0.2) is 63.8 Å². The predicted molar refractivity (Wildman–Crippen MR) is 193 cm³/mol. The number of likely N-dealkylation sites (tertiary alicyclic amines) is 1. The van der Waals surface area contributed by atoms with Crippen LogP contribution in [-0.2, 0) is 0 Å². The van der Waals surface area contributed by atoms with Gasteiger partial charge in [-0.05, 0) is 74.8 Å². The third-order valence-corrected chi connectivity index (χ3v) is 8.80. The number of benzene rings is 4. The minimum atomic E-state index is -0.749. The van der Waals surface area contributed by atoms with Gasteiger partial charge in [0, 0.05) is 53.5 Å². The van der Waals surface area contributed by atoms with Gasteiger partial charge < -0.3 is 24.4 Å². The second-order valence-electron chi connectivity index (χ2n) is 12.2. The summed E-state index contributed by atoms with van der Waals surface area (Å²) in [7, 11) is 1.55. The normalized spacial score (nSPS) is 13.0. The number of aromatic nitrogens is 3. The topological polar surface area (TPSA) is 151 Å². The van der Waals surface area contributed by atoms with Crippen molar-refractivity contribution in [2.24, 2.45) is 0 Å². The Kier molecular flexibility index (Phi) is 9.71. The molecule has 1 fully saturated rings. The number of methoxy groups -OCH3 is 1. The molecule has 3 heterocycles. The number of ether oxygens (including phenoxy) is 3. The third kappa shape index (κ3) is 7.09. The Morgan fingerprint density at radius 3 is 2.42 bits per heavy atom. The van der Waals surface area contributed by atoms with Crippen molar-refractivity contribution in [1.82, 2.24) is 19.7 Å². The monoisotopic (exact) mass is 704 g/mol. The van der Waals surface area contributed by atoms with E-state index in [1.807, 2.05) is 0 Å². The molecule has 13 nitrogen and oxygen atoms in total. The van der Waals surface area contributed by atoms with Gasteiger partial charge in [0.2, 0.25) is 0 Å². The van der Waals surface area contributed by atoms with Crippen LogP contribution in [0.4, 0.5) is 15.8 Å². The molecule has 0 aliphatic carbocycles. The number of nitro groups is 1. The van der Waals surface area contributed by atoms with Crippen LogP contribution >= 0.6 is 0 Å². The fourth-order valence-electron chi connectivity index (χ4n) is 6.18. The van der Waals surface area contributed by atoms with Crippen LogP contribution in [0.3, 0.4) is 0 Å². The number of anilines is 1. The van der Waals surface area contributed by atoms with Gasteiger partial charge in [0.25, 0.3) is 17.2 Å². The Balaban J connectivity index is 1.10. The first-order valence-electron chi connectivity index (χ1n) is 16.7. The van der Waals surface area contributed by atoms with Gasteiger partial charge in [-0.15, -0.1) is 0 Å². The standard InChI is InChI=1S/C38H33FN6O7/c1-50-34-22-29-31(23-35(34)51-20-6-19-43-17-4-5-18-43)40-16-15-32(29)52-33-14-9-24(21-30(33)39)41-37(46)36-27-7-2-3-8-28(27)38(47)44(42-36)25-10-12-26(13-11-25)45(48)49/h2-3,7-16,21-23H,4-6,17-20H2,1H3,(H,41,46). The Labute approximate surface area is 296 Å². The number of hydrogen-bond donors (Lipinski definition) is 1. The average molecular weight is 705 g/mol. The molecule has 0 atom stereocenters. The molecule has 1 N–H and O–H groups in total. The molecule has 1 aliphatic heterocycles. The van der Waals surface area contributed by atoms with Crippen LogP contribution in [0.2, 0.25) is 0 Å². The van der Waals surface area contributed by atoms with Crippen molar-refractivity contribution in [1.29, 1.82) is 0 Å². The molecule has 1 amide bonds. The highest BCUT2D eigenvalue weighted by Crippen LogP contribution is 2.38. The molecule has 1 aliphatic rings. The van der Waals surface area contributed by atoms with E-state index in [1.165, 1.54) is 49.2 Å². The quantitative estimate of drug-likeness (QED) is 0.0810. The lowest BCUT2D eigenvalue weighted by atomic mass is 10.1. The van der Waals surface area contributed by atoms with Crippen molar-refractivity contribution in [3.05, 3.63) is 123 Å². The minimum absolute atomic E-state index is 0.0954. The maximum absolute atomic E-state index is 15.5. The van der Waals surface area contributed by atoms with Crippen LogP contribution in [0, 0.1) is 15.9 Å². The minimum Gasteiger partial charge on any atom is -0.493 e. The van der Waals surface area contributed by atoms with E-state index in [4.69, 9.17) is 14.2 Å². The highest BCUT2D eigenvalue weighted by Gasteiger charge is 2.20. The fourth-order valence-corrected chi connectivity index (χ4v) is 6.18. The highest BCUT2D eigenvalue weighted by molar-refractivity contribution is 6.11. The lowest BCUT2D eigenvalue weighted by molar-refractivity contribution is -0.384. The van der Waals surface area contributed by atoms with Gasteiger partial charge in [0.15, 0.2) is 28.8 Å². The SMILES string of the molecule is COc1cc2c(Oc3ccc(NC(=O)c4nn(-c5ccc([N+](=O)[O-])cc5)c(=O)c5ccccc45)cc3F)ccnc2cc1OCCCN1CCCC1. The molecule has 0 unspecified atom stereocenters. The van der Waals surface area contributed by atoms with Crippen LogP contribution in [0.5, 0.6) is 23.0 Å². The molecule has 0 radical (unpaired) electrons. The number of rotatable bonds is 12. The summed E-state index contributed by atoms with van der Waals surface area (Å²) in [5, 5.41) is 19.1. The molecule has 264 valence electrons. The number of non-ortho nitro benzene ring substituents is 1. The predicted octanol–water partition coefficient (Wildman–Crippen LogP) is 6.90. The van der Waals surface area contributed by atoms with E-state index in [0.29, 0.717) is 34.8 Å². The molecule has 0 spiro atoms. The first kappa shape index (κ1) is 34.1. The molecule has 14 heteroatoms. The Morgan fingerprint density at radius 2 is 1.69 bits per heavy atom. The number of nitro benzene ring substituents is 1. The summed E-state index contributed by atoms with van der Waals surface area (Å²) in [6.07, 6.45) is 4.92. The van der Waals surface area contributed by atoms with E-state index in [1.54, 1.807) is 55.8 Å². The van der Waals surface area contributed by atoms with Gasteiger partial charge >= 0.3 is 0 Å². The third-order valence-electron chi connectivity index (χ3n) is 8.80. The number of fused-ring (bicyclic) bond motifs is 2.